The Morgan fingerprint density at radius 3 is 2.93 bits per heavy atom. The molecular formula is C10H11F3N2. The highest BCUT2D eigenvalue weighted by Gasteiger charge is 2.28. The van der Waals surface area contributed by atoms with Crippen LogP contribution in [0, 0.1) is 0 Å². The molecule has 0 spiro atoms. The Morgan fingerprint density at radius 1 is 1.40 bits per heavy atom. The monoisotopic (exact) mass is 216 g/mol. The lowest BCUT2D eigenvalue weighted by molar-refractivity contribution is -0.127. The van der Waals surface area contributed by atoms with Crippen LogP contribution in [0.1, 0.15) is 16.8 Å². The van der Waals surface area contributed by atoms with Crippen LogP contribution in [0.15, 0.2) is 12.3 Å². The van der Waals surface area contributed by atoms with Crippen molar-refractivity contribution < 1.29 is 13.2 Å². The summed E-state index contributed by atoms with van der Waals surface area (Å²) in [5.41, 5.74) is 2.05. The van der Waals surface area contributed by atoms with Crippen LogP contribution in [-0.4, -0.2) is 17.7 Å². The minimum atomic E-state index is -4.15. The number of alkyl halides is 3. The molecule has 0 aliphatic carbocycles. The van der Waals surface area contributed by atoms with E-state index < -0.39 is 12.6 Å². The third kappa shape index (κ3) is 2.68. The molecule has 0 bridgehead atoms. The maximum Gasteiger partial charge on any atom is 0.393 e. The molecule has 15 heavy (non-hydrogen) atoms. The van der Waals surface area contributed by atoms with E-state index in [1.807, 2.05) is 0 Å². The number of nitrogens with one attached hydrogen (secondary N) is 1. The number of hydrogen-bond donors (Lipinski definition) is 1. The van der Waals surface area contributed by atoms with Gasteiger partial charge in [-0.3, -0.25) is 4.98 Å². The van der Waals surface area contributed by atoms with E-state index in [2.05, 4.69) is 10.3 Å². The van der Waals surface area contributed by atoms with Crippen molar-refractivity contribution in [3.63, 3.8) is 0 Å². The van der Waals surface area contributed by atoms with Crippen LogP contribution in [-0.2, 0) is 19.4 Å². The number of rotatable bonds is 1. The molecule has 1 N–H and O–H groups in total. The summed E-state index contributed by atoms with van der Waals surface area (Å²) in [4.78, 5) is 4.06. The molecule has 1 aliphatic heterocycles. The Bertz CT molecular complexity index is 360. The van der Waals surface area contributed by atoms with Gasteiger partial charge in [0, 0.05) is 31.4 Å². The van der Waals surface area contributed by atoms with Crippen LogP contribution in [0.25, 0.3) is 0 Å². The molecule has 0 fully saturated rings. The van der Waals surface area contributed by atoms with Crippen molar-refractivity contribution in [2.24, 2.45) is 0 Å². The van der Waals surface area contributed by atoms with Crippen LogP contribution >= 0.6 is 0 Å². The highest BCUT2D eigenvalue weighted by Crippen LogP contribution is 2.22. The van der Waals surface area contributed by atoms with Crippen molar-refractivity contribution in [3.8, 4) is 0 Å². The molecule has 1 aromatic rings. The second kappa shape index (κ2) is 3.81. The zero-order valence-electron chi connectivity index (χ0n) is 8.06. The average Bonchev–Trinajstić information content (AvgIpc) is 2.15. The van der Waals surface area contributed by atoms with E-state index in [9.17, 15) is 13.2 Å². The fraction of sp³-hybridized carbons (Fsp3) is 0.500. The lowest BCUT2D eigenvalue weighted by Crippen LogP contribution is -2.25. The van der Waals surface area contributed by atoms with Crippen LogP contribution in [0.5, 0.6) is 0 Å². The SMILES string of the molecule is FC(F)(F)Cc1cnc2c(c1)CNCC2. The van der Waals surface area contributed by atoms with E-state index >= 15 is 0 Å². The molecule has 0 atom stereocenters. The van der Waals surface area contributed by atoms with E-state index in [1.165, 1.54) is 6.20 Å². The first kappa shape index (κ1) is 10.4. The van der Waals surface area contributed by atoms with Gasteiger partial charge < -0.3 is 5.32 Å². The van der Waals surface area contributed by atoms with Gasteiger partial charge in [0.2, 0.25) is 0 Å². The van der Waals surface area contributed by atoms with Crippen molar-refractivity contribution in [2.75, 3.05) is 6.54 Å². The summed E-state index contributed by atoms with van der Waals surface area (Å²) in [5.74, 6) is 0. The fourth-order valence-electron chi connectivity index (χ4n) is 1.72. The smallest absolute Gasteiger partial charge is 0.312 e. The molecule has 0 aromatic carbocycles. The third-order valence-corrected chi connectivity index (χ3v) is 2.38. The van der Waals surface area contributed by atoms with Crippen molar-refractivity contribution >= 4 is 0 Å². The summed E-state index contributed by atoms with van der Waals surface area (Å²) in [7, 11) is 0. The molecule has 1 aliphatic rings. The summed E-state index contributed by atoms with van der Waals surface area (Å²) < 4.78 is 36.4. The minimum Gasteiger partial charge on any atom is -0.312 e. The van der Waals surface area contributed by atoms with Gasteiger partial charge in [-0.05, 0) is 11.1 Å². The summed E-state index contributed by atoms with van der Waals surface area (Å²) in [6, 6.07) is 1.60. The zero-order chi connectivity index (χ0) is 10.9. The maximum atomic E-state index is 12.1. The zero-order valence-corrected chi connectivity index (χ0v) is 8.06. The summed E-state index contributed by atoms with van der Waals surface area (Å²) in [5, 5.41) is 3.11. The maximum absolute atomic E-state index is 12.1. The van der Waals surface area contributed by atoms with Crippen LogP contribution in [0.2, 0.25) is 0 Å². The predicted molar refractivity (Wildman–Crippen MR) is 49.4 cm³/mol. The fourth-order valence-corrected chi connectivity index (χ4v) is 1.72. The van der Waals surface area contributed by atoms with E-state index in [0.717, 1.165) is 24.2 Å². The van der Waals surface area contributed by atoms with E-state index in [-0.39, 0.29) is 5.56 Å². The minimum absolute atomic E-state index is 0.241. The Hall–Kier alpha value is -1.10. The number of pyridine rings is 1. The Kier molecular flexibility index (Phi) is 2.65. The van der Waals surface area contributed by atoms with Gasteiger partial charge in [-0.2, -0.15) is 13.2 Å². The Balaban J connectivity index is 2.21. The number of halogens is 3. The third-order valence-electron chi connectivity index (χ3n) is 2.38. The summed E-state index contributed by atoms with van der Waals surface area (Å²) in [6.45, 7) is 1.46. The summed E-state index contributed by atoms with van der Waals surface area (Å²) >= 11 is 0. The van der Waals surface area contributed by atoms with Crippen molar-refractivity contribution in [1.29, 1.82) is 0 Å². The molecule has 0 saturated carbocycles. The largest absolute Gasteiger partial charge is 0.393 e. The highest BCUT2D eigenvalue weighted by molar-refractivity contribution is 5.27. The molecule has 2 rings (SSSR count). The van der Waals surface area contributed by atoms with Crippen LogP contribution in [0.4, 0.5) is 13.2 Å². The molecule has 0 unspecified atom stereocenters. The van der Waals surface area contributed by atoms with Gasteiger partial charge in [0.25, 0.3) is 0 Å². The molecule has 82 valence electrons. The van der Waals surface area contributed by atoms with Gasteiger partial charge in [-0.1, -0.05) is 6.07 Å². The molecule has 0 radical (unpaired) electrons. The lowest BCUT2D eigenvalue weighted by Gasteiger charge is -2.17. The molecule has 5 heteroatoms. The van der Waals surface area contributed by atoms with E-state index in [0.29, 0.717) is 6.54 Å². The Morgan fingerprint density at radius 2 is 2.20 bits per heavy atom. The average molecular weight is 216 g/mol. The van der Waals surface area contributed by atoms with Gasteiger partial charge >= 0.3 is 6.18 Å². The van der Waals surface area contributed by atoms with Gasteiger partial charge in [0.1, 0.15) is 0 Å². The van der Waals surface area contributed by atoms with Crippen molar-refractivity contribution in [2.45, 2.75) is 25.6 Å². The van der Waals surface area contributed by atoms with Gasteiger partial charge in [0.05, 0.1) is 6.42 Å². The van der Waals surface area contributed by atoms with E-state index in [1.54, 1.807) is 6.07 Å². The first-order chi connectivity index (χ1) is 7.04. The molecule has 0 amide bonds. The number of nitrogens with zero attached hydrogens (tertiary/aromatic N) is 1. The molecule has 0 saturated heterocycles. The van der Waals surface area contributed by atoms with Crippen molar-refractivity contribution in [3.05, 3.63) is 29.1 Å². The number of fused-ring (bicyclic) bond motifs is 1. The second-order valence-corrected chi connectivity index (χ2v) is 3.67. The highest BCUT2D eigenvalue weighted by atomic mass is 19.4. The van der Waals surface area contributed by atoms with Crippen LogP contribution in [0.3, 0.4) is 0 Å². The molecule has 2 heterocycles. The topological polar surface area (TPSA) is 24.9 Å². The first-order valence-corrected chi connectivity index (χ1v) is 4.79. The van der Waals surface area contributed by atoms with Crippen LogP contribution < -0.4 is 5.32 Å². The van der Waals surface area contributed by atoms with E-state index in [4.69, 9.17) is 0 Å². The van der Waals surface area contributed by atoms with Crippen molar-refractivity contribution in [1.82, 2.24) is 10.3 Å². The van der Waals surface area contributed by atoms with Gasteiger partial charge in [0.15, 0.2) is 0 Å². The number of hydrogen-bond acceptors (Lipinski definition) is 2. The second-order valence-electron chi connectivity index (χ2n) is 3.67. The standard InChI is InChI=1S/C10H11F3N2/c11-10(12,13)4-7-3-8-6-14-2-1-9(8)15-5-7/h3,5,14H,1-2,4,6H2. The predicted octanol–water partition coefficient (Wildman–Crippen LogP) is 1.83. The number of aromatic nitrogens is 1. The molecule has 2 nitrogen and oxygen atoms in total. The first-order valence-electron chi connectivity index (χ1n) is 4.79. The lowest BCUT2D eigenvalue weighted by atomic mass is 10.0. The van der Waals surface area contributed by atoms with Gasteiger partial charge in [-0.25, -0.2) is 0 Å². The molecular weight excluding hydrogens is 205 g/mol. The molecule has 1 aromatic heterocycles. The Labute approximate surface area is 85.5 Å². The quantitative estimate of drug-likeness (QED) is 0.774. The summed E-state index contributed by atoms with van der Waals surface area (Å²) in [6.07, 6.45) is -2.93. The normalized spacial score (nSPS) is 16.2. The van der Waals surface area contributed by atoms with Gasteiger partial charge in [-0.15, -0.1) is 0 Å².